The molecule has 0 spiro atoms. The first-order chi connectivity index (χ1) is 10.2. The molecule has 122 valence electrons. The summed E-state index contributed by atoms with van der Waals surface area (Å²) in [6, 6.07) is 0.601. The number of carbonyl (C=O) groups is 1. The minimum Gasteiger partial charge on any atom is -0.382 e. The first kappa shape index (κ1) is 16.6. The number of hydrogen-bond donors (Lipinski definition) is 1. The minimum absolute atomic E-state index is 0.144. The highest BCUT2D eigenvalue weighted by atomic mass is 16.5. The number of hydrogen-bond acceptors (Lipinski definition) is 3. The molecule has 2 heterocycles. The predicted molar refractivity (Wildman–Crippen MR) is 84.5 cm³/mol. The summed E-state index contributed by atoms with van der Waals surface area (Å²) in [5.74, 6) is 0.668. The van der Waals surface area contributed by atoms with Crippen LogP contribution in [0.15, 0.2) is 0 Å². The maximum Gasteiger partial charge on any atom is 0.317 e. The Labute approximate surface area is 129 Å². The van der Waals surface area contributed by atoms with Crippen LogP contribution in [0.2, 0.25) is 0 Å². The van der Waals surface area contributed by atoms with E-state index < -0.39 is 0 Å². The molecule has 1 N–H and O–H groups in total. The lowest BCUT2D eigenvalue weighted by atomic mass is 9.84. The zero-order chi connectivity index (χ0) is 15.1. The average Bonchev–Trinajstić information content (AvgIpc) is 2.49. The number of ether oxygens (including phenoxy) is 1. The van der Waals surface area contributed by atoms with Crippen LogP contribution in [0.25, 0.3) is 0 Å². The van der Waals surface area contributed by atoms with Gasteiger partial charge in [-0.1, -0.05) is 0 Å². The normalized spacial score (nSPS) is 26.5. The highest BCUT2D eigenvalue weighted by Crippen LogP contribution is 2.29. The van der Waals surface area contributed by atoms with Crippen molar-refractivity contribution in [1.82, 2.24) is 15.1 Å². The lowest BCUT2D eigenvalue weighted by Crippen LogP contribution is -2.57. The van der Waals surface area contributed by atoms with Crippen molar-refractivity contribution >= 4 is 6.03 Å². The zero-order valence-electron chi connectivity index (χ0n) is 13.6. The number of rotatable bonds is 6. The molecule has 2 aliphatic heterocycles. The van der Waals surface area contributed by atoms with Crippen LogP contribution in [0, 0.1) is 5.92 Å². The second-order valence-electron chi connectivity index (χ2n) is 6.35. The maximum atomic E-state index is 12.4. The average molecular weight is 297 g/mol. The molecule has 0 aromatic heterocycles. The summed E-state index contributed by atoms with van der Waals surface area (Å²) in [5.41, 5.74) is 0. The molecule has 0 unspecified atom stereocenters. The van der Waals surface area contributed by atoms with E-state index in [1.807, 2.05) is 6.92 Å². The Balaban J connectivity index is 1.71. The molecule has 0 aromatic rings. The van der Waals surface area contributed by atoms with E-state index >= 15 is 0 Å². The molecule has 5 heteroatoms. The molecule has 0 aromatic carbocycles. The summed E-state index contributed by atoms with van der Waals surface area (Å²) in [4.78, 5) is 16.9. The van der Waals surface area contributed by atoms with Gasteiger partial charge in [0.05, 0.1) is 0 Å². The summed E-state index contributed by atoms with van der Waals surface area (Å²) < 4.78 is 5.31. The summed E-state index contributed by atoms with van der Waals surface area (Å²) in [6.07, 6.45) is 5.56. The van der Waals surface area contributed by atoms with E-state index in [1.54, 1.807) is 0 Å². The largest absolute Gasteiger partial charge is 0.382 e. The molecule has 2 saturated heterocycles. The fourth-order valence-electron chi connectivity index (χ4n) is 3.61. The van der Waals surface area contributed by atoms with E-state index in [9.17, 15) is 4.79 Å². The number of likely N-dealkylation sites (tertiary alicyclic amines) is 2. The van der Waals surface area contributed by atoms with Crippen LogP contribution < -0.4 is 5.32 Å². The number of urea groups is 1. The molecule has 2 fully saturated rings. The van der Waals surface area contributed by atoms with Gasteiger partial charge in [-0.15, -0.1) is 0 Å². The molecule has 2 amide bonds. The molecule has 0 bridgehead atoms. The lowest BCUT2D eigenvalue weighted by molar-refractivity contribution is 0.0533. The van der Waals surface area contributed by atoms with Crippen molar-refractivity contribution in [3.05, 3.63) is 0 Å². The second-order valence-corrected chi connectivity index (χ2v) is 6.35. The number of piperidine rings is 2. The van der Waals surface area contributed by atoms with Gasteiger partial charge in [-0.3, -0.25) is 0 Å². The van der Waals surface area contributed by atoms with Gasteiger partial charge in [0.15, 0.2) is 0 Å². The quantitative estimate of drug-likeness (QED) is 0.762. The summed E-state index contributed by atoms with van der Waals surface area (Å²) >= 11 is 0. The predicted octanol–water partition coefficient (Wildman–Crippen LogP) is 1.93. The van der Waals surface area contributed by atoms with Gasteiger partial charge in [0.1, 0.15) is 0 Å². The number of fused-ring (bicyclic) bond motifs is 1. The Morgan fingerprint density at radius 3 is 2.95 bits per heavy atom. The van der Waals surface area contributed by atoms with E-state index in [0.717, 1.165) is 65.1 Å². The number of unbranched alkanes of at least 4 members (excludes halogenated alkanes) is 1. The van der Waals surface area contributed by atoms with Gasteiger partial charge in [-0.2, -0.15) is 0 Å². The van der Waals surface area contributed by atoms with Gasteiger partial charge < -0.3 is 19.9 Å². The number of amides is 2. The fraction of sp³-hybridized carbons (Fsp3) is 0.938. The van der Waals surface area contributed by atoms with E-state index in [1.165, 1.54) is 6.42 Å². The molecule has 2 aliphatic rings. The number of carbonyl (C=O) groups excluding carboxylic acids is 1. The SMILES string of the molecule is CCOCCCCNC(=O)N1CCC[C@H]2CN(C)CC[C@H]21. The zero-order valence-corrected chi connectivity index (χ0v) is 13.6. The van der Waals surface area contributed by atoms with E-state index in [4.69, 9.17) is 4.74 Å². The monoisotopic (exact) mass is 297 g/mol. The maximum absolute atomic E-state index is 12.4. The van der Waals surface area contributed by atoms with Gasteiger partial charge in [-0.25, -0.2) is 4.79 Å². The van der Waals surface area contributed by atoms with Crippen molar-refractivity contribution in [3.63, 3.8) is 0 Å². The topological polar surface area (TPSA) is 44.8 Å². The smallest absolute Gasteiger partial charge is 0.317 e. The first-order valence-corrected chi connectivity index (χ1v) is 8.53. The van der Waals surface area contributed by atoms with Crippen LogP contribution in [0.4, 0.5) is 4.79 Å². The highest BCUT2D eigenvalue weighted by Gasteiger charge is 2.36. The number of nitrogens with zero attached hydrogens (tertiary/aromatic N) is 2. The standard InChI is InChI=1S/C16H31N3O2/c1-3-21-12-5-4-9-17-16(20)19-10-6-7-14-13-18(2)11-8-15(14)19/h14-15H,3-13H2,1-2H3,(H,17,20)/t14-,15+/m0/s1. The van der Waals surface area contributed by atoms with Crippen molar-refractivity contribution < 1.29 is 9.53 Å². The van der Waals surface area contributed by atoms with Gasteiger partial charge in [0, 0.05) is 38.9 Å². The lowest BCUT2D eigenvalue weighted by Gasteiger charge is -2.46. The molecule has 0 radical (unpaired) electrons. The minimum atomic E-state index is 0.144. The first-order valence-electron chi connectivity index (χ1n) is 8.53. The highest BCUT2D eigenvalue weighted by molar-refractivity contribution is 5.74. The van der Waals surface area contributed by atoms with Crippen LogP contribution in [0.5, 0.6) is 0 Å². The molecule has 2 atom stereocenters. The van der Waals surface area contributed by atoms with E-state index in [0.29, 0.717) is 12.0 Å². The van der Waals surface area contributed by atoms with Crippen molar-refractivity contribution in [3.8, 4) is 0 Å². The van der Waals surface area contributed by atoms with Gasteiger partial charge >= 0.3 is 6.03 Å². The van der Waals surface area contributed by atoms with Crippen LogP contribution >= 0.6 is 0 Å². The summed E-state index contributed by atoms with van der Waals surface area (Å²) in [5, 5.41) is 3.09. The third kappa shape index (κ3) is 4.85. The van der Waals surface area contributed by atoms with Crippen molar-refractivity contribution in [2.24, 2.45) is 5.92 Å². The van der Waals surface area contributed by atoms with Crippen molar-refractivity contribution in [2.45, 2.75) is 45.1 Å². The van der Waals surface area contributed by atoms with E-state index in [-0.39, 0.29) is 6.03 Å². The summed E-state index contributed by atoms with van der Waals surface area (Å²) in [7, 11) is 2.19. The fourth-order valence-corrected chi connectivity index (χ4v) is 3.61. The summed E-state index contributed by atoms with van der Waals surface area (Å²) in [6.45, 7) is 7.53. The molecular formula is C16H31N3O2. The van der Waals surface area contributed by atoms with Crippen LogP contribution in [0.1, 0.15) is 39.0 Å². The van der Waals surface area contributed by atoms with Crippen molar-refractivity contribution in [2.75, 3.05) is 46.4 Å². The van der Waals surface area contributed by atoms with Crippen LogP contribution in [-0.4, -0.2) is 68.3 Å². The Hall–Kier alpha value is -0.810. The van der Waals surface area contributed by atoms with Crippen molar-refractivity contribution in [1.29, 1.82) is 0 Å². The van der Waals surface area contributed by atoms with Crippen LogP contribution in [0.3, 0.4) is 0 Å². The Kier molecular flexibility index (Phi) is 6.77. The molecule has 2 rings (SSSR count). The van der Waals surface area contributed by atoms with E-state index in [2.05, 4.69) is 22.2 Å². The van der Waals surface area contributed by atoms with Gasteiger partial charge in [-0.05, 0) is 58.5 Å². The van der Waals surface area contributed by atoms with Gasteiger partial charge in [0.2, 0.25) is 0 Å². The number of nitrogens with one attached hydrogen (secondary N) is 1. The Morgan fingerprint density at radius 1 is 1.29 bits per heavy atom. The Bertz CT molecular complexity index is 325. The Morgan fingerprint density at radius 2 is 2.14 bits per heavy atom. The van der Waals surface area contributed by atoms with Gasteiger partial charge in [0.25, 0.3) is 0 Å². The third-order valence-electron chi connectivity index (χ3n) is 4.73. The third-order valence-corrected chi connectivity index (χ3v) is 4.73. The molecule has 5 nitrogen and oxygen atoms in total. The van der Waals surface area contributed by atoms with Crippen LogP contribution in [-0.2, 0) is 4.74 Å². The molecule has 0 aliphatic carbocycles. The second kappa shape index (κ2) is 8.59. The molecular weight excluding hydrogens is 266 g/mol. The molecule has 0 saturated carbocycles. The molecule has 21 heavy (non-hydrogen) atoms.